The van der Waals surface area contributed by atoms with Crippen LogP contribution in [0.2, 0.25) is 0 Å². The van der Waals surface area contributed by atoms with Crippen LogP contribution in [0.3, 0.4) is 0 Å². The molecule has 26 heavy (non-hydrogen) atoms. The Bertz CT molecular complexity index is 816. The molecule has 2 fully saturated rings. The lowest BCUT2D eigenvalue weighted by Crippen LogP contribution is -2.38. The van der Waals surface area contributed by atoms with Crippen molar-refractivity contribution < 1.29 is 9.59 Å². The molecule has 1 atom stereocenters. The van der Waals surface area contributed by atoms with Crippen LogP contribution in [-0.4, -0.2) is 45.8 Å². The Morgan fingerprint density at radius 3 is 2.69 bits per heavy atom. The van der Waals surface area contributed by atoms with E-state index in [-0.39, 0.29) is 17.9 Å². The van der Waals surface area contributed by atoms with Gasteiger partial charge in [-0.3, -0.25) is 19.6 Å². The molecular weight excluding hydrogens is 328 g/mol. The van der Waals surface area contributed by atoms with Crippen molar-refractivity contribution in [3.05, 3.63) is 36.2 Å². The van der Waals surface area contributed by atoms with Gasteiger partial charge >= 0.3 is 0 Å². The van der Waals surface area contributed by atoms with E-state index < -0.39 is 0 Å². The highest BCUT2D eigenvalue weighted by Gasteiger charge is 2.32. The number of carbonyl (C=O) groups is 2. The first-order valence-corrected chi connectivity index (χ1v) is 9.48. The Balaban J connectivity index is 1.37. The van der Waals surface area contributed by atoms with Gasteiger partial charge in [0.1, 0.15) is 0 Å². The zero-order chi connectivity index (χ0) is 17.9. The highest BCUT2D eigenvalue weighted by atomic mass is 16.2. The van der Waals surface area contributed by atoms with Gasteiger partial charge in [-0.15, -0.1) is 0 Å². The summed E-state index contributed by atoms with van der Waals surface area (Å²) in [4.78, 5) is 35.3. The van der Waals surface area contributed by atoms with E-state index in [2.05, 4.69) is 15.3 Å². The highest BCUT2D eigenvalue weighted by Crippen LogP contribution is 2.26. The lowest BCUT2D eigenvalue weighted by atomic mass is 9.89. The average molecular weight is 352 g/mol. The number of aromatic nitrogens is 2. The second-order valence-corrected chi connectivity index (χ2v) is 7.44. The minimum absolute atomic E-state index is 0.115. The number of fused-ring (bicyclic) bond motifs is 1. The number of rotatable bonds is 4. The first kappa shape index (κ1) is 16.9. The van der Waals surface area contributed by atoms with E-state index >= 15 is 0 Å². The van der Waals surface area contributed by atoms with Crippen LogP contribution in [0.25, 0.3) is 11.0 Å². The monoisotopic (exact) mass is 352 g/mol. The lowest BCUT2D eigenvalue weighted by molar-refractivity contribution is -0.128. The molecule has 136 valence electrons. The van der Waals surface area contributed by atoms with Crippen molar-refractivity contribution in [2.45, 2.75) is 44.6 Å². The molecule has 4 rings (SSSR count). The largest absolute Gasteiger partial charge is 0.347 e. The molecule has 0 unspecified atom stereocenters. The van der Waals surface area contributed by atoms with Crippen molar-refractivity contribution in [2.75, 3.05) is 13.1 Å². The second-order valence-electron chi connectivity index (χ2n) is 7.44. The summed E-state index contributed by atoms with van der Waals surface area (Å²) in [5, 5.41) is 3.01. The van der Waals surface area contributed by atoms with Crippen molar-refractivity contribution in [1.82, 2.24) is 20.2 Å². The fraction of sp³-hybridized carbons (Fsp3) is 0.500. The Hall–Kier alpha value is -2.50. The first-order chi connectivity index (χ1) is 12.7. The predicted molar refractivity (Wildman–Crippen MR) is 98.6 cm³/mol. The van der Waals surface area contributed by atoms with Crippen LogP contribution >= 0.6 is 0 Å². The molecule has 0 spiro atoms. The van der Waals surface area contributed by atoms with Crippen LogP contribution in [-0.2, 0) is 4.79 Å². The Morgan fingerprint density at radius 1 is 1.12 bits per heavy atom. The molecule has 1 saturated heterocycles. The first-order valence-electron chi connectivity index (χ1n) is 9.48. The van der Waals surface area contributed by atoms with Crippen LogP contribution in [0.15, 0.2) is 30.6 Å². The molecule has 2 heterocycles. The van der Waals surface area contributed by atoms with Crippen molar-refractivity contribution in [3.63, 3.8) is 0 Å². The Kier molecular flexibility index (Phi) is 4.82. The van der Waals surface area contributed by atoms with Crippen LogP contribution in [0, 0.1) is 5.92 Å². The van der Waals surface area contributed by atoms with Gasteiger partial charge in [-0.25, -0.2) is 0 Å². The lowest BCUT2D eigenvalue weighted by Gasteiger charge is -2.27. The number of carbonyl (C=O) groups excluding carboxylic acids is 2. The van der Waals surface area contributed by atoms with Gasteiger partial charge in [0, 0.05) is 37.5 Å². The molecule has 1 aliphatic heterocycles. The quantitative estimate of drug-likeness (QED) is 0.917. The fourth-order valence-corrected chi connectivity index (χ4v) is 4.10. The number of nitrogens with one attached hydrogen (secondary N) is 1. The van der Waals surface area contributed by atoms with Crippen molar-refractivity contribution in [1.29, 1.82) is 0 Å². The van der Waals surface area contributed by atoms with E-state index in [0.29, 0.717) is 30.0 Å². The minimum Gasteiger partial charge on any atom is -0.347 e. The maximum atomic E-state index is 12.6. The van der Waals surface area contributed by atoms with Gasteiger partial charge < -0.3 is 10.2 Å². The fourth-order valence-electron chi connectivity index (χ4n) is 4.10. The number of benzene rings is 1. The number of hydrogen-bond donors (Lipinski definition) is 1. The zero-order valence-electron chi connectivity index (χ0n) is 14.9. The van der Waals surface area contributed by atoms with Gasteiger partial charge in [0.15, 0.2) is 0 Å². The molecule has 6 heteroatoms. The van der Waals surface area contributed by atoms with Crippen molar-refractivity contribution >= 4 is 22.8 Å². The van der Waals surface area contributed by atoms with Gasteiger partial charge in [-0.2, -0.15) is 0 Å². The van der Waals surface area contributed by atoms with E-state index in [4.69, 9.17) is 0 Å². The number of hydrogen-bond acceptors (Lipinski definition) is 4. The van der Waals surface area contributed by atoms with Gasteiger partial charge in [-0.05, 0) is 37.0 Å². The maximum Gasteiger partial charge on any atom is 0.251 e. The highest BCUT2D eigenvalue weighted by molar-refractivity contribution is 5.97. The summed E-state index contributed by atoms with van der Waals surface area (Å²) >= 11 is 0. The molecule has 1 aliphatic carbocycles. The summed E-state index contributed by atoms with van der Waals surface area (Å²) in [5.74, 6) is 0.626. The molecule has 1 aromatic carbocycles. The Morgan fingerprint density at radius 2 is 1.88 bits per heavy atom. The second kappa shape index (κ2) is 7.40. The third-order valence-electron chi connectivity index (χ3n) is 5.48. The standard InChI is InChI=1S/C20H24N4O2/c25-19-11-16(13-24(19)12-14-4-2-1-3-5-14)23-20(26)15-6-7-17-18(10-15)22-9-8-21-17/h6-10,14,16H,1-5,11-13H2,(H,23,26)/t16-/m1/s1. The topological polar surface area (TPSA) is 75.2 Å². The molecule has 1 aromatic heterocycles. The van der Waals surface area contributed by atoms with Crippen LogP contribution < -0.4 is 5.32 Å². The number of nitrogens with zero attached hydrogens (tertiary/aromatic N) is 3. The average Bonchev–Trinajstić information content (AvgIpc) is 3.01. The van der Waals surface area contributed by atoms with Crippen LogP contribution in [0.4, 0.5) is 0 Å². The molecule has 0 bridgehead atoms. The van der Waals surface area contributed by atoms with E-state index in [1.807, 2.05) is 4.90 Å². The molecule has 2 aromatic rings. The Labute approximate surface area is 153 Å². The van der Waals surface area contributed by atoms with E-state index in [0.717, 1.165) is 12.1 Å². The SMILES string of the molecule is O=C(N[C@@H]1CC(=O)N(CC2CCCCC2)C1)c1ccc2nccnc2c1. The van der Waals surface area contributed by atoms with Crippen molar-refractivity contribution in [3.8, 4) is 0 Å². The third-order valence-corrected chi connectivity index (χ3v) is 5.48. The van der Waals surface area contributed by atoms with E-state index in [9.17, 15) is 9.59 Å². The number of amides is 2. The van der Waals surface area contributed by atoms with Crippen LogP contribution in [0.5, 0.6) is 0 Å². The zero-order valence-corrected chi connectivity index (χ0v) is 14.9. The third kappa shape index (κ3) is 3.69. The summed E-state index contributed by atoms with van der Waals surface area (Å²) in [7, 11) is 0. The predicted octanol–water partition coefficient (Wildman–Crippen LogP) is 2.54. The molecule has 6 nitrogen and oxygen atoms in total. The van der Waals surface area contributed by atoms with E-state index in [1.165, 1.54) is 32.1 Å². The van der Waals surface area contributed by atoms with Gasteiger partial charge in [0.25, 0.3) is 5.91 Å². The molecule has 0 radical (unpaired) electrons. The molecule has 1 saturated carbocycles. The summed E-state index contributed by atoms with van der Waals surface area (Å²) in [5.41, 5.74) is 2.01. The smallest absolute Gasteiger partial charge is 0.251 e. The normalized spacial score (nSPS) is 21.3. The summed E-state index contributed by atoms with van der Waals surface area (Å²) in [6, 6.07) is 5.18. The van der Waals surface area contributed by atoms with Gasteiger partial charge in [-0.1, -0.05) is 19.3 Å². The molecular formula is C20H24N4O2. The molecule has 1 N–H and O–H groups in total. The van der Waals surface area contributed by atoms with Crippen molar-refractivity contribution in [2.24, 2.45) is 5.92 Å². The summed E-state index contributed by atoms with van der Waals surface area (Å²) in [6.07, 6.45) is 9.95. The summed E-state index contributed by atoms with van der Waals surface area (Å²) in [6.45, 7) is 1.46. The maximum absolute atomic E-state index is 12.6. The number of likely N-dealkylation sites (tertiary alicyclic amines) is 1. The molecule has 2 aliphatic rings. The minimum atomic E-state index is -0.158. The van der Waals surface area contributed by atoms with Gasteiger partial charge in [0.2, 0.25) is 5.91 Å². The van der Waals surface area contributed by atoms with Crippen LogP contribution in [0.1, 0.15) is 48.9 Å². The summed E-state index contributed by atoms with van der Waals surface area (Å²) < 4.78 is 0. The van der Waals surface area contributed by atoms with E-state index in [1.54, 1.807) is 30.6 Å². The molecule has 2 amide bonds. The van der Waals surface area contributed by atoms with Gasteiger partial charge in [0.05, 0.1) is 17.1 Å².